The lowest BCUT2D eigenvalue weighted by Gasteiger charge is -2.23. The maximum atomic E-state index is 12.9. The van der Waals surface area contributed by atoms with E-state index in [4.69, 9.17) is 0 Å². The van der Waals surface area contributed by atoms with Crippen molar-refractivity contribution in [3.05, 3.63) is 83.9 Å². The van der Waals surface area contributed by atoms with Crippen LogP contribution < -0.4 is 0 Å². The fraction of sp³-hybridized carbons (Fsp3) is 0.211. The molecule has 0 saturated carbocycles. The van der Waals surface area contributed by atoms with Crippen molar-refractivity contribution in [3.8, 4) is 0 Å². The zero-order chi connectivity index (χ0) is 14.5. The summed E-state index contributed by atoms with van der Waals surface area (Å²) in [4.78, 5) is 15.2. The Hall–Kier alpha value is -2.19. The lowest BCUT2D eigenvalue weighted by Crippen LogP contribution is -2.30. The van der Waals surface area contributed by atoms with Crippen molar-refractivity contribution in [2.75, 3.05) is 19.6 Å². The second kappa shape index (κ2) is 6.51. The highest BCUT2D eigenvalue weighted by Gasteiger charge is 2.24. The molecule has 0 saturated heterocycles. The van der Waals surface area contributed by atoms with Crippen molar-refractivity contribution < 1.29 is 4.79 Å². The van der Waals surface area contributed by atoms with Crippen LogP contribution >= 0.6 is 0 Å². The third-order valence-corrected chi connectivity index (χ3v) is 3.91. The summed E-state index contributed by atoms with van der Waals surface area (Å²) in [6.07, 6.45) is 4.32. The number of benzene rings is 2. The zero-order valence-electron chi connectivity index (χ0n) is 12.0. The lowest BCUT2D eigenvalue weighted by atomic mass is 9.90. The first-order chi connectivity index (χ1) is 10.3. The van der Waals surface area contributed by atoms with Crippen LogP contribution in [0.15, 0.2) is 72.8 Å². The van der Waals surface area contributed by atoms with E-state index in [1.54, 1.807) is 0 Å². The second-order valence-corrected chi connectivity index (χ2v) is 5.38. The van der Waals surface area contributed by atoms with Gasteiger partial charge < -0.3 is 0 Å². The van der Waals surface area contributed by atoms with Crippen LogP contribution in [0.5, 0.6) is 0 Å². The molecule has 2 nitrogen and oxygen atoms in total. The molecule has 1 aliphatic heterocycles. The summed E-state index contributed by atoms with van der Waals surface area (Å²) >= 11 is 0. The maximum Gasteiger partial charge on any atom is 0.171 e. The molecule has 2 aromatic rings. The quantitative estimate of drug-likeness (QED) is 0.615. The predicted molar refractivity (Wildman–Crippen MR) is 85.5 cm³/mol. The Morgan fingerprint density at radius 3 is 2.10 bits per heavy atom. The van der Waals surface area contributed by atoms with E-state index >= 15 is 0 Å². The molecule has 2 aromatic carbocycles. The van der Waals surface area contributed by atoms with Crippen LogP contribution in [0, 0.1) is 0 Å². The van der Waals surface area contributed by atoms with E-state index in [1.165, 1.54) is 0 Å². The van der Waals surface area contributed by atoms with Gasteiger partial charge in [-0.2, -0.15) is 0 Å². The summed E-state index contributed by atoms with van der Waals surface area (Å²) in [6.45, 7) is 2.64. The van der Waals surface area contributed by atoms with Crippen molar-refractivity contribution in [1.82, 2.24) is 4.90 Å². The molecule has 0 radical (unpaired) electrons. The maximum absolute atomic E-state index is 12.9. The number of rotatable bonds is 5. The van der Waals surface area contributed by atoms with E-state index < -0.39 is 0 Å². The summed E-state index contributed by atoms with van der Waals surface area (Å²) in [7, 11) is 0. The first-order valence-electron chi connectivity index (χ1n) is 7.36. The van der Waals surface area contributed by atoms with Gasteiger partial charge in [0.15, 0.2) is 5.78 Å². The van der Waals surface area contributed by atoms with Gasteiger partial charge in [-0.05, 0) is 5.56 Å². The third-order valence-electron chi connectivity index (χ3n) is 3.91. The van der Waals surface area contributed by atoms with E-state index in [9.17, 15) is 4.79 Å². The molecule has 3 rings (SSSR count). The van der Waals surface area contributed by atoms with Gasteiger partial charge in [0.2, 0.25) is 0 Å². The third kappa shape index (κ3) is 3.29. The van der Waals surface area contributed by atoms with E-state index in [2.05, 4.69) is 29.2 Å². The highest BCUT2D eigenvalue weighted by atomic mass is 16.1. The number of ketones is 1. The van der Waals surface area contributed by atoms with Gasteiger partial charge in [-0.1, -0.05) is 72.8 Å². The van der Waals surface area contributed by atoms with Crippen LogP contribution in [0.25, 0.3) is 0 Å². The fourth-order valence-electron chi connectivity index (χ4n) is 2.76. The molecule has 2 heteroatoms. The summed E-state index contributed by atoms with van der Waals surface area (Å²) in [5.41, 5.74) is 1.89. The average molecular weight is 277 g/mol. The van der Waals surface area contributed by atoms with Crippen LogP contribution in [0.2, 0.25) is 0 Å². The standard InChI is InChI=1S/C19H19NO/c21-19(17-11-5-2-6-12-17)18(15-20-13-7-8-14-20)16-9-3-1-4-10-16/h1-12,18H,13-15H2. The Morgan fingerprint density at radius 2 is 1.48 bits per heavy atom. The molecule has 0 N–H and O–H groups in total. The Balaban J connectivity index is 1.86. The fourth-order valence-corrected chi connectivity index (χ4v) is 2.76. The predicted octanol–water partition coefficient (Wildman–Crippen LogP) is 3.52. The minimum Gasteiger partial charge on any atom is -0.295 e. The van der Waals surface area contributed by atoms with Crippen molar-refractivity contribution in [3.63, 3.8) is 0 Å². The number of hydrogen-bond acceptors (Lipinski definition) is 2. The molecule has 0 spiro atoms. The lowest BCUT2D eigenvalue weighted by molar-refractivity contribution is 0.0941. The molecular formula is C19H19NO. The van der Waals surface area contributed by atoms with Gasteiger partial charge in [0.1, 0.15) is 0 Å². The van der Waals surface area contributed by atoms with Crippen LogP contribution in [-0.2, 0) is 0 Å². The molecule has 0 aliphatic carbocycles. The normalized spacial score (nSPS) is 16.0. The van der Waals surface area contributed by atoms with Gasteiger partial charge in [0.25, 0.3) is 0 Å². The molecule has 1 heterocycles. The zero-order valence-corrected chi connectivity index (χ0v) is 12.0. The van der Waals surface area contributed by atoms with Gasteiger partial charge in [-0.3, -0.25) is 9.69 Å². The number of carbonyl (C=O) groups excluding carboxylic acids is 1. The van der Waals surface area contributed by atoms with Gasteiger partial charge in [0, 0.05) is 25.2 Å². The highest BCUT2D eigenvalue weighted by Crippen LogP contribution is 2.23. The number of nitrogens with zero attached hydrogens (tertiary/aromatic N) is 1. The number of hydrogen-bond donors (Lipinski definition) is 0. The number of Topliss-reactive ketones (excluding diaryl/α,β-unsaturated/α-hetero) is 1. The van der Waals surface area contributed by atoms with Gasteiger partial charge in [0.05, 0.1) is 5.92 Å². The van der Waals surface area contributed by atoms with Crippen molar-refractivity contribution in [1.29, 1.82) is 0 Å². The van der Waals surface area contributed by atoms with Gasteiger partial charge in [-0.25, -0.2) is 0 Å². The molecule has 106 valence electrons. The first-order valence-corrected chi connectivity index (χ1v) is 7.36. The SMILES string of the molecule is O=C(c1ccccc1)C(CN1CC=CC1)c1ccccc1. The van der Waals surface area contributed by atoms with E-state index in [0.717, 1.165) is 30.8 Å². The molecule has 0 fully saturated rings. The van der Waals surface area contributed by atoms with E-state index in [0.29, 0.717) is 0 Å². The van der Waals surface area contributed by atoms with Crippen molar-refractivity contribution >= 4 is 5.78 Å². The molecule has 0 bridgehead atoms. The summed E-state index contributed by atoms with van der Waals surface area (Å²) in [5.74, 6) is 0.0993. The van der Waals surface area contributed by atoms with Crippen LogP contribution in [0.3, 0.4) is 0 Å². The summed E-state index contributed by atoms with van der Waals surface area (Å²) in [5, 5.41) is 0. The van der Waals surface area contributed by atoms with Gasteiger partial charge in [-0.15, -0.1) is 0 Å². The van der Waals surface area contributed by atoms with Crippen molar-refractivity contribution in [2.45, 2.75) is 5.92 Å². The van der Waals surface area contributed by atoms with E-state index in [1.807, 2.05) is 48.5 Å². The van der Waals surface area contributed by atoms with E-state index in [-0.39, 0.29) is 11.7 Å². The average Bonchev–Trinajstić information content (AvgIpc) is 3.07. The monoisotopic (exact) mass is 277 g/mol. The largest absolute Gasteiger partial charge is 0.295 e. The van der Waals surface area contributed by atoms with Crippen LogP contribution in [0.4, 0.5) is 0 Å². The Bertz CT molecular complexity index is 611. The molecule has 1 atom stereocenters. The van der Waals surface area contributed by atoms with Crippen LogP contribution in [0.1, 0.15) is 21.8 Å². The molecule has 1 aliphatic rings. The Labute approximate surface area is 125 Å². The number of carbonyl (C=O) groups is 1. The minimum atomic E-state index is -0.103. The molecule has 21 heavy (non-hydrogen) atoms. The first kappa shape index (κ1) is 13.8. The smallest absolute Gasteiger partial charge is 0.171 e. The van der Waals surface area contributed by atoms with Gasteiger partial charge >= 0.3 is 0 Å². The summed E-state index contributed by atoms with van der Waals surface area (Å²) in [6, 6.07) is 19.7. The second-order valence-electron chi connectivity index (χ2n) is 5.38. The topological polar surface area (TPSA) is 20.3 Å². The molecular weight excluding hydrogens is 258 g/mol. The molecule has 0 aromatic heterocycles. The van der Waals surface area contributed by atoms with Crippen molar-refractivity contribution in [2.24, 2.45) is 0 Å². The highest BCUT2D eigenvalue weighted by molar-refractivity contribution is 6.01. The minimum absolute atomic E-state index is 0.103. The Kier molecular flexibility index (Phi) is 4.27. The Morgan fingerprint density at radius 1 is 0.905 bits per heavy atom. The van der Waals surface area contributed by atoms with Crippen LogP contribution in [-0.4, -0.2) is 30.3 Å². The molecule has 1 unspecified atom stereocenters. The summed E-state index contributed by atoms with van der Waals surface area (Å²) < 4.78 is 0. The molecule has 0 amide bonds.